The van der Waals surface area contributed by atoms with Crippen LogP contribution in [0.15, 0.2) is 158 Å². The number of hydrogen-bond acceptors (Lipinski definition) is 6. The fourth-order valence-corrected chi connectivity index (χ4v) is 8.27. The van der Waals surface area contributed by atoms with Crippen LogP contribution in [0.25, 0.3) is 0 Å². The normalized spacial score (nSPS) is 13.2. The Morgan fingerprint density at radius 3 is 0.772 bits per heavy atom. The largest absolute Gasteiger partial charge is 0.462 e. The molecule has 0 bridgehead atoms. The fourth-order valence-electron chi connectivity index (χ4n) is 8.27. The first-order valence-corrected chi connectivity index (χ1v) is 32.0. The summed E-state index contributed by atoms with van der Waals surface area (Å²) in [7, 11) is 0. The van der Waals surface area contributed by atoms with E-state index >= 15 is 0 Å². The molecule has 0 aliphatic carbocycles. The Kier molecular flexibility index (Phi) is 61.4. The van der Waals surface area contributed by atoms with E-state index in [9.17, 15) is 14.4 Å². The number of carbonyl (C=O) groups excluding carboxylic acids is 3. The van der Waals surface area contributed by atoms with Gasteiger partial charge in [-0.1, -0.05) is 256 Å². The number of allylic oxidation sites excluding steroid dienone is 26. The van der Waals surface area contributed by atoms with Crippen LogP contribution in [0.5, 0.6) is 0 Å². The average Bonchev–Trinajstić information content (AvgIpc) is 3.45. The molecule has 0 spiro atoms. The Morgan fingerprint density at radius 2 is 0.494 bits per heavy atom. The van der Waals surface area contributed by atoms with Gasteiger partial charge in [-0.2, -0.15) is 0 Å². The molecular formula is C73H116O6. The van der Waals surface area contributed by atoms with Crippen molar-refractivity contribution in [3.63, 3.8) is 0 Å². The maximum Gasteiger partial charge on any atom is 0.306 e. The van der Waals surface area contributed by atoms with Crippen LogP contribution in [0.2, 0.25) is 0 Å². The molecule has 1 unspecified atom stereocenters. The lowest BCUT2D eigenvalue weighted by Gasteiger charge is -2.18. The standard InChI is InChI=1S/C73H116O6/c1-4-7-10-13-16-19-22-25-28-31-32-33-34-35-36-37-38-39-40-43-45-48-51-54-57-60-63-66-72(75)78-69-70(79-73(76)67-64-61-58-55-52-49-46-42-30-27-24-21-18-15-12-9-6-3)68-77-71(74)65-62-59-56-53-50-47-44-41-29-26-23-20-17-14-11-8-5-2/h7,9-10,12,16-21,25-30,32-33,35-36,38-39,43,45-46,49,70H,4-6,8,11,13-15,22-24,31,34,37,40-42,44,47-48,50-69H2,1-3H3/b10-7-,12-9-,19-16-,20-17-,21-18-,28-25-,29-26-,30-27-,33-32-,36-35-,39-38-,45-43-,49-46-. The van der Waals surface area contributed by atoms with Crippen molar-refractivity contribution in [2.24, 2.45) is 0 Å². The van der Waals surface area contributed by atoms with Gasteiger partial charge in [0, 0.05) is 19.3 Å². The molecule has 1 atom stereocenters. The summed E-state index contributed by atoms with van der Waals surface area (Å²) in [6.45, 7) is 6.34. The van der Waals surface area contributed by atoms with Gasteiger partial charge in [0.2, 0.25) is 0 Å². The predicted molar refractivity (Wildman–Crippen MR) is 343 cm³/mol. The molecule has 0 saturated heterocycles. The van der Waals surface area contributed by atoms with Gasteiger partial charge in [0.15, 0.2) is 6.10 Å². The van der Waals surface area contributed by atoms with Gasteiger partial charge in [0.25, 0.3) is 0 Å². The lowest BCUT2D eigenvalue weighted by molar-refractivity contribution is -0.167. The molecule has 0 N–H and O–H groups in total. The Balaban J connectivity index is 4.47. The molecule has 0 aliphatic heterocycles. The zero-order chi connectivity index (χ0) is 57.1. The van der Waals surface area contributed by atoms with Crippen molar-refractivity contribution >= 4 is 17.9 Å². The smallest absolute Gasteiger partial charge is 0.306 e. The molecule has 0 aromatic carbocycles. The Hall–Kier alpha value is -4.97. The van der Waals surface area contributed by atoms with Crippen LogP contribution in [-0.4, -0.2) is 37.2 Å². The van der Waals surface area contributed by atoms with Crippen LogP contribution in [0.1, 0.15) is 265 Å². The fraction of sp³-hybridized carbons (Fsp3) is 0.603. The highest BCUT2D eigenvalue weighted by atomic mass is 16.6. The molecule has 0 aliphatic rings. The molecule has 6 heteroatoms. The second-order valence-corrected chi connectivity index (χ2v) is 20.5. The molecule has 0 radical (unpaired) electrons. The molecule has 444 valence electrons. The number of esters is 3. The van der Waals surface area contributed by atoms with Gasteiger partial charge in [-0.05, 0) is 148 Å². The first kappa shape index (κ1) is 74.0. The zero-order valence-corrected chi connectivity index (χ0v) is 50.8. The minimum atomic E-state index is -0.812. The summed E-state index contributed by atoms with van der Waals surface area (Å²) in [4.78, 5) is 38.3. The van der Waals surface area contributed by atoms with Crippen molar-refractivity contribution in [1.29, 1.82) is 0 Å². The quantitative estimate of drug-likeness (QED) is 0.0261. The van der Waals surface area contributed by atoms with E-state index in [1.54, 1.807) is 0 Å². The van der Waals surface area contributed by atoms with Crippen molar-refractivity contribution < 1.29 is 28.6 Å². The summed E-state index contributed by atoms with van der Waals surface area (Å²) >= 11 is 0. The highest BCUT2D eigenvalue weighted by Gasteiger charge is 2.19. The van der Waals surface area contributed by atoms with E-state index in [4.69, 9.17) is 14.2 Å². The van der Waals surface area contributed by atoms with E-state index < -0.39 is 6.10 Å². The molecule has 79 heavy (non-hydrogen) atoms. The summed E-state index contributed by atoms with van der Waals surface area (Å²) in [6, 6.07) is 0. The molecule has 0 heterocycles. The van der Waals surface area contributed by atoms with Crippen molar-refractivity contribution in [3.8, 4) is 0 Å². The number of hydrogen-bond donors (Lipinski definition) is 0. The van der Waals surface area contributed by atoms with Crippen LogP contribution in [0, 0.1) is 0 Å². The summed E-state index contributed by atoms with van der Waals surface area (Å²) in [5.74, 6) is -0.958. The Labute approximate surface area is 486 Å². The maximum atomic E-state index is 12.9. The van der Waals surface area contributed by atoms with Crippen molar-refractivity contribution in [3.05, 3.63) is 158 Å². The molecule has 0 fully saturated rings. The van der Waals surface area contributed by atoms with Gasteiger partial charge >= 0.3 is 17.9 Å². The Morgan fingerprint density at radius 1 is 0.266 bits per heavy atom. The molecule has 0 rings (SSSR count). The van der Waals surface area contributed by atoms with Gasteiger partial charge in [0.1, 0.15) is 13.2 Å². The van der Waals surface area contributed by atoms with Crippen LogP contribution >= 0.6 is 0 Å². The van der Waals surface area contributed by atoms with Gasteiger partial charge < -0.3 is 14.2 Å². The van der Waals surface area contributed by atoms with E-state index in [2.05, 4.69) is 179 Å². The highest BCUT2D eigenvalue weighted by Crippen LogP contribution is 2.14. The maximum absolute atomic E-state index is 12.9. The number of carbonyl (C=O) groups is 3. The third-order valence-electron chi connectivity index (χ3n) is 13.0. The lowest BCUT2D eigenvalue weighted by Crippen LogP contribution is -2.30. The van der Waals surface area contributed by atoms with E-state index in [-0.39, 0.29) is 37.5 Å². The van der Waals surface area contributed by atoms with Crippen molar-refractivity contribution in [2.75, 3.05) is 13.2 Å². The average molecular weight is 1090 g/mol. The monoisotopic (exact) mass is 1090 g/mol. The molecular weight excluding hydrogens is 973 g/mol. The zero-order valence-electron chi connectivity index (χ0n) is 50.8. The van der Waals surface area contributed by atoms with Crippen LogP contribution < -0.4 is 0 Å². The molecule has 0 aromatic heterocycles. The minimum absolute atomic E-state index is 0.105. The van der Waals surface area contributed by atoms with E-state index in [0.29, 0.717) is 12.8 Å². The van der Waals surface area contributed by atoms with Crippen molar-refractivity contribution in [2.45, 2.75) is 271 Å². The lowest BCUT2D eigenvalue weighted by atomic mass is 10.1. The summed E-state index contributed by atoms with van der Waals surface area (Å²) in [6.07, 6.45) is 95.2. The van der Waals surface area contributed by atoms with Crippen LogP contribution in [-0.2, 0) is 28.6 Å². The van der Waals surface area contributed by atoms with E-state index in [0.717, 1.165) is 173 Å². The topological polar surface area (TPSA) is 78.9 Å². The van der Waals surface area contributed by atoms with Crippen molar-refractivity contribution in [1.82, 2.24) is 0 Å². The molecule has 0 saturated carbocycles. The first-order chi connectivity index (χ1) is 39.0. The summed E-state index contributed by atoms with van der Waals surface area (Å²) < 4.78 is 16.9. The molecule has 0 amide bonds. The number of rotatable bonds is 56. The predicted octanol–water partition coefficient (Wildman–Crippen LogP) is 22.1. The van der Waals surface area contributed by atoms with Gasteiger partial charge in [-0.15, -0.1) is 0 Å². The van der Waals surface area contributed by atoms with E-state index in [1.165, 1.54) is 51.4 Å². The molecule has 6 nitrogen and oxygen atoms in total. The number of unbranched alkanes of at least 4 members (excludes halogenated alkanes) is 19. The van der Waals surface area contributed by atoms with Gasteiger partial charge in [-0.25, -0.2) is 0 Å². The minimum Gasteiger partial charge on any atom is -0.462 e. The first-order valence-electron chi connectivity index (χ1n) is 32.0. The van der Waals surface area contributed by atoms with Gasteiger partial charge in [-0.3, -0.25) is 14.4 Å². The third-order valence-corrected chi connectivity index (χ3v) is 13.0. The Bertz CT molecular complexity index is 1780. The SMILES string of the molecule is CC/C=C\C/C=C\C/C=C\C/C=C\C/C=C\C/C=C\C/C=C\CCCCCCCC(=O)OCC(COC(=O)CCCCCCCCC/C=C\C/C=C\CCCCC)OC(=O)CCCCCC/C=C\C/C=C\C/C=C\C/C=C\CC. The number of ether oxygens (including phenoxy) is 3. The second kappa shape index (κ2) is 65.5. The summed E-state index contributed by atoms with van der Waals surface area (Å²) in [5, 5.41) is 0. The van der Waals surface area contributed by atoms with Crippen LogP contribution in [0.4, 0.5) is 0 Å². The molecule has 0 aromatic rings. The summed E-state index contributed by atoms with van der Waals surface area (Å²) in [5.41, 5.74) is 0. The van der Waals surface area contributed by atoms with Gasteiger partial charge in [0.05, 0.1) is 0 Å². The van der Waals surface area contributed by atoms with E-state index in [1.807, 2.05) is 0 Å². The highest BCUT2D eigenvalue weighted by molar-refractivity contribution is 5.71. The third kappa shape index (κ3) is 63.7. The van der Waals surface area contributed by atoms with Crippen LogP contribution in [0.3, 0.4) is 0 Å². The second-order valence-electron chi connectivity index (χ2n) is 20.5.